The van der Waals surface area contributed by atoms with Gasteiger partial charge in [0.2, 0.25) is 82.7 Å². The van der Waals surface area contributed by atoms with Gasteiger partial charge in [-0.2, -0.15) is 23.5 Å². The summed E-state index contributed by atoms with van der Waals surface area (Å²) in [6.07, 6.45) is 1.70. The molecule has 37 nitrogen and oxygen atoms in total. The second kappa shape index (κ2) is 46.2. The Hall–Kier alpha value is -11.5. The standard InChI is InChI=1S/C73H102N18O19S2/c1-39(2)31-52(66(104)86-51(62(75)100)35-58(74)94)82-59(95)38-80-63(101)48(23-24-60(96)97)83-69(107)55(34-43-37-79-46-16-10-9-15-45(43)46)89-68(106)54(33-42-19-21-44(93)22-20-42)88-70(108)56(36-61(98)99)90-65(103)49(25-29-111-4)84-67(105)53(32-41-13-7-6-8-14-41)87-64(102)47(17-11-27-78-73(76)77)85-71(109)57-18-12-28-91(57)72(110)50(26-30-112-5)81-40(3)92/h6-10,13-16,19-22,37,39,47-57,79,93H,11-12,17-18,23-36,38H2,1-5H3,(H2,74,94)(H2,75,100)(H,80,101)(H,81,92)(H,82,95)(H,83,107)(H,84,105)(H,85,109)(H,86,104)(H,87,102)(H,88,108)(H,89,106)(H,90,103)(H,96,97)(H,98,99)(H4,76,77,78)/t47-,48-,49-,50-,51-,52-,53-,54-,55-,56-,57-/m0/s1. The molecule has 0 unspecified atom stereocenters. The van der Waals surface area contributed by atoms with Crippen molar-refractivity contribution in [2.45, 2.75) is 177 Å². The number of aliphatic carboxylic acids is 2. The van der Waals surface area contributed by atoms with Crippen molar-refractivity contribution in [3.05, 3.63) is 102 Å². The largest absolute Gasteiger partial charge is 0.508 e. The number of guanidine groups is 1. The minimum atomic E-state index is -2.03. The number of likely N-dealkylation sites (tertiary alicyclic amines) is 1. The number of nitrogens with two attached hydrogens (primary N) is 3. The van der Waals surface area contributed by atoms with E-state index in [0.29, 0.717) is 34.2 Å². The lowest BCUT2D eigenvalue weighted by atomic mass is 10.0. The van der Waals surface area contributed by atoms with Crippen LogP contribution in [0.3, 0.4) is 0 Å². The molecule has 1 aliphatic rings. The first kappa shape index (κ1) is 91.1. The number of carboxylic acids is 2. The summed E-state index contributed by atoms with van der Waals surface area (Å²) in [5.41, 5.74) is 17.9. The number of fused-ring (bicyclic) bond motifs is 1. The number of nitrogens with one attached hydrogen (secondary N) is 14. The van der Waals surface area contributed by atoms with Crippen molar-refractivity contribution in [2.24, 2.45) is 23.1 Å². The van der Waals surface area contributed by atoms with E-state index in [2.05, 4.69) is 68.8 Å². The number of thioether (sulfide) groups is 2. The Morgan fingerprint density at radius 2 is 1.05 bits per heavy atom. The summed E-state index contributed by atoms with van der Waals surface area (Å²) in [4.78, 5) is 223. The maximum atomic E-state index is 15.1. The number of aromatic nitrogens is 1. The quantitative estimate of drug-likeness (QED) is 0.0122. The number of carbonyl (C=O) groups is 16. The zero-order valence-electron chi connectivity index (χ0n) is 62.8. The molecule has 11 atom stereocenters. The van der Waals surface area contributed by atoms with Crippen LogP contribution in [0.15, 0.2) is 85.1 Å². The van der Waals surface area contributed by atoms with E-state index in [1.165, 1.54) is 65.8 Å². The van der Waals surface area contributed by atoms with Crippen LogP contribution in [0.4, 0.5) is 0 Å². The Balaban J connectivity index is 1.44. The highest BCUT2D eigenvalue weighted by Gasteiger charge is 2.41. The molecule has 23 N–H and O–H groups in total. The van der Waals surface area contributed by atoms with Crippen molar-refractivity contribution in [1.29, 1.82) is 5.41 Å². The number of carboxylic acid groups (broad SMARTS) is 2. The fourth-order valence-corrected chi connectivity index (χ4v) is 13.1. The van der Waals surface area contributed by atoms with E-state index in [0.717, 1.165) is 0 Å². The van der Waals surface area contributed by atoms with Gasteiger partial charge >= 0.3 is 11.9 Å². The zero-order valence-corrected chi connectivity index (χ0v) is 64.4. The molecule has 112 heavy (non-hydrogen) atoms. The number of amides is 14. The van der Waals surface area contributed by atoms with E-state index < -0.39 is 200 Å². The van der Waals surface area contributed by atoms with E-state index in [4.69, 9.17) is 22.6 Å². The third kappa shape index (κ3) is 31.1. The van der Waals surface area contributed by atoms with Crippen molar-refractivity contribution in [1.82, 2.24) is 73.7 Å². The van der Waals surface area contributed by atoms with Gasteiger partial charge in [0.05, 0.1) is 19.4 Å². The van der Waals surface area contributed by atoms with E-state index in [1.807, 2.05) is 6.26 Å². The van der Waals surface area contributed by atoms with Crippen molar-refractivity contribution in [3.8, 4) is 5.75 Å². The molecule has 5 rings (SSSR count). The Kier molecular flexibility index (Phi) is 37.6. The SMILES string of the molecule is CSCC[C@H](NC(=O)[C@H](Cc1ccccc1)NC(=O)[C@H](CCCNC(=N)N)NC(=O)[C@@H]1CCCN1C(=O)[C@H](CCSC)NC(C)=O)C(=O)N[C@@H](CC(=O)O)C(=O)N[C@@H](Cc1ccc(O)cc1)C(=O)N[C@@H](Cc1c[nH]c2ccccc12)C(=O)N[C@@H](CCC(=O)O)C(=O)NCC(=O)N[C@@H](CC(C)C)C(=O)N[C@@H](CC(N)=O)C(N)=O. The van der Waals surface area contributed by atoms with Crippen LogP contribution in [-0.2, 0) is 96.0 Å². The van der Waals surface area contributed by atoms with Gasteiger partial charge in [0, 0.05) is 62.8 Å². The van der Waals surface area contributed by atoms with Crippen LogP contribution in [0.25, 0.3) is 10.9 Å². The number of nitrogens with zero attached hydrogens (tertiary/aromatic N) is 1. The highest BCUT2D eigenvalue weighted by atomic mass is 32.2. The molecule has 0 saturated carbocycles. The number of hydrogen-bond acceptors (Lipinski definition) is 20. The first-order valence-electron chi connectivity index (χ1n) is 36.2. The minimum Gasteiger partial charge on any atom is -0.508 e. The van der Waals surface area contributed by atoms with E-state index in [-0.39, 0.29) is 93.4 Å². The molecule has 1 saturated heterocycles. The lowest BCUT2D eigenvalue weighted by Gasteiger charge is -2.30. The topological polar surface area (TPSA) is 599 Å². The lowest BCUT2D eigenvalue weighted by Crippen LogP contribution is -2.61. The summed E-state index contributed by atoms with van der Waals surface area (Å²) in [7, 11) is 0. The predicted molar refractivity (Wildman–Crippen MR) is 413 cm³/mol. The molecule has 1 fully saturated rings. The van der Waals surface area contributed by atoms with Gasteiger partial charge in [0.15, 0.2) is 5.96 Å². The third-order valence-corrected chi connectivity index (χ3v) is 19.1. The van der Waals surface area contributed by atoms with Crippen molar-refractivity contribution >= 4 is 135 Å². The highest BCUT2D eigenvalue weighted by Crippen LogP contribution is 2.23. The van der Waals surface area contributed by atoms with Crippen LogP contribution in [0, 0.1) is 11.3 Å². The summed E-state index contributed by atoms with van der Waals surface area (Å²) in [6, 6.07) is 3.84. The third-order valence-electron chi connectivity index (χ3n) is 17.8. The van der Waals surface area contributed by atoms with E-state index in [9.17, 15) is 87.2 Å². The van der Waals surface area contributed by atoms with Gasteiger partial charge in [-0.25, -0.2) is 0 Å². The number of phenolic OH excluding ortho intramolecular Hbond substituents is 1. The number of carbonyl (C=O) groups excluding carboxylic acids is 14. The summed E-state index contributed by atoms with van der Waals surface area (Å²) in [5, 5.41) is 69.0. The number of phenols is 1. The number of hydrogen-bond donors (Lipinski definition) is 20. The molecule has 0 aliphatic carbocycles. The number of para-hydroxylation sites is 1. The molecule has 1 aromatic heterocycles. The fourth-order valence-electron chi connectivity index (χ4n) is 12.2. The van der Waals surface area contributed by atoms with Crippen LogP contribution in [0.2, 0.25) is 0 Å². The second-order valence-electron chi connectivity index (χ2n) is 27.2. The van der Waals surface area contributed by atoms with Crippen LogP contribution >= 0.6 is 23.5 Å². The number of aromatic amines is 1. The van der Waals surface area contributed by atoms with Gasteiger partial charge in [-0.1, -0.05) is 74.5 Å². The smallest absolute Gasteiger partial charge is 0.305 e. The van der Waals surface area contributed by atoms with Gasteiger partial charge in [-0.3, -0.25) is 82.1 Å². The van der Waals surface area contributed by atoms with Gasteiger partial charge < -0.3 is 106 Å². The van der Waals surface area contributed by atoms with E-state index >= 15 is 4.79 Å². The summed E-state index contributed by atoms with van der Waals surface area (Å²) < 4.78 is 0. The molecule has 3 aromatic carbocycles. The maximum Gasteiger partial charge on any atom is 0.305 e. The number of aromatic hydroxyl groups is 1. The van der Waals surface area contributed by atoms with Crippen LogP contribution < -0.4 is 81.0 Å². The van der Waals surface area contributed by atoms with Crippen LogP contribution in [0.5, 0.6) is 5.75 Å². The number of primary amides is 2. The average Bonchev–Trinajstić information content (AvgIpc) is 1.69. The van der Waals surface area contributed by atoms with Crippen LogP contribution in [0.1, 0.15) is 108 Å². The Morgan fingerprint density at radius 3 is 1.61 bits per heavy atom. The Labute approximate surface area is 654 Å². The fraction of sp³-hybridized carbons (Fsp3) is 0.493. The molecular weight excluding hydrogens is 1500 g/mol. The monoisotopic (exact) mass is 1600 g/mol. The number of benzene rings is 3. The van der Waals surface area contributed by atoms with Crippen molar-refractivity contribution in [2.75, 3.05) is 43.7 Å². The Morgan fingerprint density at radius 1 is 0.545 bits per heavy atom. The summed E-state index contributed by atoms with van der Waals surface area (Å²) >= 11 is 2.71. The van der Waals surface area contributed by atoms with E-state index in [1.54, 1.807) is 74.7 Å². The normalized spacial score (nSPS) is 15.1. The zero-order chi connectivity index (χ0) is 82.7. The van der Waals surface area contributed by atoms with Gasteiger partial charge in [-0.15, -0.1) is 0 Å². The van der Waals surface area contributed by atoms with Gasteiger partial charge in [-0.05, 0) is 116 Å². The van der Waals surface area contributed by atoms with Gasteiger partial charge in [0.1, 0.15) is 72.2 Å². The molecule has 0 spiro atoms. The molecule has 0 bridgehead atoms. The maximum absolute atomic E-state index is 15.1. The van der Waals surface area contributed by atoms with Crippen molar-refractivity contribution < 1.29 is 92.0 Å². The summed E-state index contributed by atoms with van der Waals surface area (Å²) in [6.45, 7) is 4.07. The second-order valence-corrected chi connectivity index (χ2v) is 29.1. The minimum absolute atomic E-state index is 0.0200. The molecule has 610 valence electrons. The van der Waals surface area contributed by atoms with Gasteiger partial charge in [0.25, 0.3) is 0 Å². The average molecular weight is 1600 g/mol. The number of H-pyrrole nitrogens is 1. The molecule has 0 radical (unpaired) electrons. The molecular formula is C73H102N18O19S2. The first-order chi connectivity index (χ1) is 53.2. The molecule has 2 heterocycles. The molecule has 39 heteroatoms. The van der Waals surface area contributed by atoms with Crippen molar-refractivity contribution in [3.63, 3.8) is 0 Å². The molecule has 14 amide bonds. The number of rotatable bonds is 48. The Bertz CT molecular complexity index is 3980. The predicted octanol–water partition coefficient (Wildman–Crippen LogP) is -2.61. The lowest BCUT2D eigenvalue weighted by molar-refractivity contribution is -0.142. The summed E-state index contributed by atoms with van der Waals surface area (Å²) in [5.74, 6) is -16.3. The molecule has 1 aliphatic heterocycles. The molecule has 4 aromatic rings. The first-order valence-corrected chi connectivity index (χ1v) is 39.0. The highest BCUT2D eigenvalue weighted by molar-refractivity contribution is 7.98. The van der Waals surface area contributed by atoms with Crippen LogP contribution in [-0.4, -0.2) is 236 Å².